The summed E-state index contributed by atoms with van der Waals surface area (Å²) in [6.45, 7) is 5.18. The van der Waals surface area contributed by atoms with Crippen LogP contribution < -0.4 is 4.90 Å². The first-order valence-electron chi connectivity index (χ1n) is 12.4. The summed E-state index contributed by atoms with van der Waals surface area (Å²) in [5.74, 6) is 0. The number of hydrogen-bond acceptors (Lipinski definition) is 3. The summed E-state index contributed by atoms with van der Waals surface area (Å²) < 4.78 is 85.2. The summed E-state index contributed by atoms with van der Waals surface area (Å²) in [7, 11) is 1.13. The normalized spacial score (nSPS) is 13.4. The second kappa shape index (κ2) is 11.6. The number of ether oxygens (including phenoxy) is 1. The molecule has 10 heteroatoms. The fourth-order valence-electron chi connectivity index (χ4n) is 4.83. The Hall–Kier alpha value is -2.91. The van der Waals surface area contributed by atoms with Crippen LogP contribution >= 0.6 is 0 Å². The van der Waals surface area contributed by atoms with Crippen molar-refractivity contribution >= 4 is 11.8 Å². The molecule has 0 saturated heterocycles. The average molecular weight is 531 g/mol. The van der Waals surface area contributed by atoms with Crippen LogP contribution in [0, 0.1) is 0 Å². The van der Waals surface area contributed by atoms with Crippen molar-refractivity contribution in [3.8, 4) is 0 Å². The van der Waals surface area contributed by atoms with E-state index in [4.69, 9.17) is 4.74 Å². The number of carbonyl (C=O) groups excluding carboxylic acids is 1. The number of anilines is 1. The smallest absolute Gasteiger partial charge is 0.416 e. The molecule has 1 amide bonds. The molecule has 0 bridgehead atoms. The average Bonchev–Trinajstić information content (AvgIpc) is 3.28. The van der Waals surface area contributed by atoms with Gasteiger partial charge in [0.1, 0.15) is 0 Å². The van der Waals surface area contributed by atoms with Crippen molar-refractivity contribution < 1.29 is 35.9 Å². The van der Waals surface area contributed by atoms with Gasteiger partial charge in [-0.25, -0.2) is 4.79 Å². The van der Waals surface area contributed by atoms with Crippen molar-refractivity contribution in [1.29, 1.82) is 0 Å². The fraction of sp³-hybridized carbons (Fsp3) is 0.519. The van der Waals surface area contributed by atoms with Gasteiger partial charge in [-0.15, -0.1) is 0 Å². The predicted octanol–water partition coefficient (Wildman–Crippen LogP) is 7.61. The minimum Gasteiger partial charge on any atom is -0.453 e. The lowest BCUT2D eigenvalue weighted by atomic mass is 10.0. The molecule has 1 aliphatic carbocycles. The summed E-state index contributed by atoms with van der Waals surface area (Å²) in [5, 5.41) is 0. The van der Waals surface area contributed by atoms with E-state index >= 15 is 0 Å². The highest BCUT2D eigenvalue weighted by Gasteiger charge is 2.37. The molecule has 0 aromatic heterocycles. The number of methoxy groups -OCH3 is 1. The number of amides is 1. The molecule has 4 nitrogen and oxygen atoms in total. The van der Waals surface area contributed by atoms with E-state index in [9.17, 15) is 31.1 Å². The quantitative estimate of drug-likeness (QED) is 0.313. The molecule has 37 heavy (non-hydrogen) atoms. The summed E-state index contributed by atoms with van der Waals surface area (Å²) in [5.41, 5.74) is 0.974. The lowest BCUT2D eigenvalue weighted by Gasteiger charge is -2.30. The van der Waals surface area contributed by atoms with Crippen molar-refractivity contribution in [3.05, 3.63) is 63.7 Å². The van der Waals surface area contributed by atoms with Gasteiger partial charge in [0.2, 0.25) is 0 Å². The molecule has 0 aliphatic heterocycles. The zero-order valence-electron chi connectivity index (χ0n) is 21.2. The van der Waals surface area contributed by atoms with Crippen molar-refractivity contribution in [2.45, 2.75) is 71.4 Å². The Morgan fingerprint density at radius 2 is 1.38 bits per heavy atom. The Labute approximate surface area is 213 Å². The maximum absolute atomic E-state index is 13.4. The van der Waals surface area contributed by atoms with Gasteiger partial charge in [-0.3, -0.25) is 4.90 Å². The van der Waals surface area contributed by atoms with Crippen LogP contribution in [0.3, 0.4) is 0 Å². The van der Waals surface area contributed by atoms with Crippen LogP contribution in [0.4, 0.5) is 36.8 Å². The molecule has 0 heterocycles. The number of hydrogen-bond donors (Lipinski definition) is 0. The molecular formula is C27H32F6N2O2. The molecule has 2 aromatic rings. The van der Waals surface area contributed by atoms with E-state index in [1.54, 1.807) is 0 Å². The van der Waals surface area contributed by atoms with Crippen LogP contribution in [-0.4, -0.2) is 31.2 Å². The topological polar surface area (TPSA) is 32.8 Å². The van der Waals surface area contributed by atoms with Crippen molar-refractivity contribution in [2.75, 3.05) is 25.1 Å². The fourth-order valence-corrected chi connectivity index (χ4v) is 4.83. The van der Waals surface area contributed by atoms with E-state index in [1.807, 2.05) is 6.07 Å². The van der Waals surface area contributed by atoms with E-state index < -0.39 is 36.1 Å². The monoisotopic (exact) mass is 530 g/mol. The highest BCUT2D eigenvalue weighted by atomic mass is 19.4. The molecule has 1 aliphatic rings. The molecule has 0 unspecified atom stereocenters. The highest BCUT2D eigenvalue weighted by Crippen LogP contribution is 2.37. The van der Waals surface area contributed by atoms with E-state index in [-0.39, 0.29) is 18.2 Å². The molecule has 0 saturated carbocycles. The summed E-state index contributed by atoms with van der Waals surface area (Å²) in [4.78, 5) is 16.1. The molecule has 0 atom stereocenters. The Kier molecular flexibility index (Phi) is 9.02. The second-order valence-electron chi connectivity index (χ2n) is 9.33. The van der Waals surface area contributed by atoms with E-state index in [1.165, 1.54) is 5.56 Å². The van der Waals surface area contributed by atoms with Crippen LogP contribution in [0.2, 0.25) is 0 Å². The molecule has 0 radical (unpaired) electrons. The van der Waals surface area contributed by atoms with Gasteiger partial charge in [0.15, 0.2) is 0 Å². The van der Waals surface area contributed by atoms with Gasteiger partial charge < -0.3 is 9.64 Å². The number of carbonyl (C=O) groups is 1. The summed E-state index contributed by atoms with van der Waals surface area (Å²) in [6.07, 6.45) is -6.17. The van der Waals surface area contributed by atoms with Crippen molar-refractivity contribution in [3.63, 3.8) is 0 Å². The maximum atomic E-state index is 13.4. The lowest BCUT2D eigenvalue weighted by molar-refractivity contribution is -0.143. The number of aryl methyl sites for hydroxylation is 2. The zero-order valence-corrected chi connectivity index (χ0v) is 21.2. The van der Waals surface area contributed by atoms with E-state index in [2.05, 4.69) is 24.8 Å². The van der Waals surface area contributed by atoms with Crippen LogP contribution in [0.15, 0.2) is 30.3 Å². The van der Waals surface area contributed by atoms with Crippen LogP contribution in [-0.2, 0) is 43.0 Å². The van der Waals surface area contributed by atoms with Crippen LogP contribution in [0.25, 0.3) is 0 Å². The SMILES string of the molecule is CCCN(CCC)c1cc2c(cc1CN(Cc1cc(C(F)(F)F)cc(C(F)(F)F)c1)C(=O)OC)CCC2. The maximum Gasteiger partial charge on any atom is 0.416 e. The number of nitrogens with zero attached hydrogens (tertiary/aromatic N) is 2. The lowest BCUT2D eigenvalue weighted by Crippen LogP contribution is -2.32. The molecule has 204 valence electrons. The van der Waals surface area contributed by atoms with E-state index in [0.29, 0.717) is 12.1 Å². The van der Waals surface area contributed by atoms with Gasteiger partial charge in [-0.1, -0.05) is 19.9 Å². The molecule has 3 rings (SSSR count). The van der Waals surface area contributed by atoms with Crippen LogP contribution in [0.5, 0.6) is 0 Å². The minimum absolute atomic E-state index is 0.0171. The number of fused-ring (bicyclic) bond motifs is 1. The summed E-state index contributed by atoms with van der Waals surface area (Å²) in [6, 6.07) is 5.51. The van der Waals surface area contributed by atoms with Gasteiger partial charge in [-0.2, -0.15) is 26.3 Å². The standard InChI is InChI=1S/C27H32F6N2O2/c1-4-9-34(10-5-2)24-14-20-8-6-7-19(20)13-21(24)17-35(25(36)37-3)16-18-11-22(26(28,29)30)15-23(12-18)27(31,32)33/h11-15H,4-10,16-17H2,1-3H3. The van der Waals surface area contributed by atoms with Gasteiger partial charge in [-0.05, 0) is 78.6 Å². The first-order chi connectivity index (χ1) is 17.4. The van der Waals surface area contributed by atoms with Crippen LogP contribution in [0.1, 0.15) is 66.5 Å². The number of rotatable bonds is 9. The van der Waals surface area contributed by atoms with Gasteiger partial charge in [0.05, 0.1) is 24.8 Å². The predicted molar refractivity (Wildman–Crippen MR) is 129 cm³/mol. The van der Waals surface area contributed by atoms with Crippen molar-refractivity contribution in [2.24, 2.45) is 0 Å². The second-order valence-corrected chi connectivity index (χ2v) is 9.33. The molecule has 0 fully saturated rings. The Morgan fingerprint density at radius 3 is 1.86 bits per heavy atom. The first kappa shape index (κ1) is 28.7. The van der Waals surface area contributed by atoms with E-state index in [0.717, 1.165) is 74.0 Å². The zero-order chi connectivity index (χ0) is 27.4. The molecular weight excluding hydrogens is 498 g/mol. The third-order valence-electron chi connectivity index (χ3n) is 6.44. The number of halogens is 6. The van der Waals surface area contributed by atoms with Gasteiger partial charge >= 0.3 is 18.4 Å². The third kappa shape index (κ3) is 7.11. The number of alkyl halides is 6. The molecule has 0 N–H and O–H groups in total. The Balaban J connectivity index is 2.04. The Morgan fingerprint density at radius 1 is 0.838 bits per heavy atom. The van der Waals surface area contributed by atoms with Gasteiger partial charge in [0, 0.05) is 25.3 Å². The number of benzene rings is 2. The third-order valence-corrected chi connectivity index (χ3v) is 6.44. The Bertz CT molecular complexity index is 1060. The molecule has 2 aromatic carbocycles. The minimum atomic E-state index is -4.97. The molecule has 0 spiro atoms. The van der Waals surface area contributed by atoms with Crippen molar-refractivity contribution in [1.82, 2.24) is 4.90 Å². The highest BCUT2D eigenvalue weighted by molar-refractivity contribution is 5.68. The largest absolute Gasteiger partial charge is 0.453 e. The first-order valence-corrected chi connectivity index (χ1v) is 12.4. The van der Waals surface area contributed by atoms with Gasteiger partial charge in [0.25, 0.3) is 0 Å². The summed E-state index contributed by atoms with van der Waals surface area (Å²) >= 11 is 0.